The minimum atomic E-state index is -1.22. The first kappa shape index (κ1) is 45.4. The van der Waals surface area contributed by atoms with E-state index >= 15 is 0 Å². The van der Waals surface area contributed by atoms with Crippen molar-refractivity contribution in [3.63, 3.8) is 0 Å². The number of carbonyl (C=O) groups excluding carboxylic acids is 6. The van der Waals surface area contributed by atoms with E-state index in [1.54, 1.807) is 39.3 Å². The van der Waals surface area contributed by atoms with Gasteiger partial charge in [-0.2, -0.15) is 0 Å². The Kier molecular flexibility index (Phi) is 12.6. The van der Waals surface area contributed by atoms with Crippen LogP contribution in [-0.2, 0) is 64.2 Å². The van der Waals surface area contributed by atoms with Gasteiger partial charge in [-0.05, 0) is 90.3 Å². The number of rotatable bonds is 10. The van der Waals surface area contributed by atoms with Gasteiger partial charge in [0.25, 0.3) is 5.91 Å². The van der Waals surface area contributed by atoms with Crippen LogP contribution in [0.25, 0.3) is 33.3 Å². The number of ether oxygens (including phenoxy) is 2. The smallest absolute Gasteiger partial charge is 0.324 e. The maximum absolute atomic E-state index is 14.6. The van der Waals surface area contributed by atoms with Crippen LogP contribution in [0.5, 0.6) is 5.75 Å². The van der Waals surface area contributed by atoms with Crippen LogP contribution in [0.15, 0.2) is 54.9 Å². The van der Waals surface area contributed by atoms with E-state index in [4.69, 9.17) is 9.47 Å². The number of carbonyl (C=O) groups is 6. The van der Waals surface area contributed by atoms with Gasteiger partial charge >= 0.3 is 5.97 Å². The van der Waals surface area contributed by atoms with Gasteiger partial charge in [-0.25, -0.2) is 5.43 Å². The highest BCUT2D eigenvalue weighted by Gasteiger charge is 2.59. The minimum absolute atomic E-state index is 0.0413. The van der Waals surface area contributed by atoms with Crippen molar-refractivity contribution in [2.75, 3.05) is 33.9 Å². The number of aromatic hydroxyl groups is 1. The molecule has 3 fully saturated rings. The van der Waals surface area contributed by atoms with Crippen molar-refractivity contribution >= 4 is 46.4 Å². The van der Waals surface area contributed by atoms with Gasteiger partial charge in [0, 0.05) is 67.9 Å². The highest BCUT2D eigenvalue weighted by molar-refractivity contribution is 6.14. The summed E-state index contributed by atoms with van der Waals surface area (Å²) in [5, 5.41) is 19.3. The predicted octanol–water partition coefficient (Wildman–Crippen LogP) is 3.08. The van der Waals surface area contributed by atoms with Crippen molar-refractivity contribution in [2.24, 2.45) is 11.3 Å². The van der Waals surface area contributed by atoms with E-state index in [1.807, 2.05) is 24.4 Å². The largest absolute Gasteiger partial charge is 0.508 e. The number of cyclic esters (lactones) is 1. The summed E-state index contributed by atoms with van der Waals surface area (Å²) < 4.78 is 14.0. The summed E-state index contributed by atoms with van der Waals surface area (Å²) in [6.45, 7) is 10.6. The number of imide groups is 1. The number of benzene rings is 2. The highest BCUT2D eigenvalue weighted by Crippen LogP contribution is 2.41. The second-order valence-corrected chi connectivity index (χ2v) is 18.8. The monoisotopic (exact) mass is 890 g/mol. The van der Waals surface area contributed by atoms with Crippen LogP contribution in [-0.4, -0.2) is 129 Å². The summed E-state index contributed by atoms with van der Waals surface area (Å²) in [4.78, 5) is 88.4. The molecule has 17 heteroatoms. The van der Waals surface area contributed by atoms with Crippen LogP contribution in [0.1, 0.15) is 64.2 Å². The van der Waals surface area contributed by atoms with Crippen molar-refractivity contribution in [2.45, 2.75) is 104 Å². The SMILES string of the molecule is CCn1c(-c2cnccc2COC)c2c3cc(ccc31)-c1cc(O)cc(c1)C[C@H](NC(=O)[C@H](C(C)C)N(C)C(=O)CN1C(=O)[C@H]3N[C@H]3C1=O)C(=O)N1CCC[C@H](N1)C(=O)OCC(C)(C)C2. The van der Waals surface area contributed by atoms with E-state index in [9.17, 15) is 33.9 Å². The molecule has 0 radical (unpaired) electrons. The van der Waals surface area contributed by atoms with E-state index < -0.39 is 83.6 Å². The Morgan fingerprint density at radius 1 is 1.05 bits per heavy atom. The van der Waals surface area contributed by atoms with Gasteiger partial charge in [0.2, 0.25) is 23.6 Å². The van der Waals surface area contributed by atoms with Crippen LogP contribution >= 0.6 is 0 Å². The fourth-order valence-corrected chi connectivity index (χ4v) is 9.68. The lowest BCUT2D eigenvalue weighted by Gasteiger charge is -2.37. The molecule has 17 nitrogen and oxygen atoms in total. The first-order valence-electron chi connectivity index (χ1n) is 22.3. The molecule has 65 heavy (non-hydrogen) atoms. The fourth-order valence-electron chi connectivity index (χ4n) is 9.68. The number of aromatic nitrogens is 2. The Hall–Kier alpha value is -6.17. The first-order chi connectivity index (χ1) is 31.0. The van der Waals surface area contributed by atoms with E-state index in [0.29, 0.717) is 43.5 Å². The number of likely N-dealkylation sites (N-methyl/N-ethyl adjacent to an activating group) is 1. The summed E-state index contributed by atoms with van der Waals surface area (Å²) in [6, 6.07) is 8.82. The number of esters is 1. The number of phenols is 1. The number of methoxy groups -OCH3 is 1. The Morgan fingerprint density at radius 3 is 2.51 bits per heavy atom. The summed E-state index contributed by atoms with van der Waals surface area (Å²) >= 11 is 0. The molecule has 5 amide bonds. The van der Waals surface area contributed by atoms with Crippen molar-refractivity contribution in [1.82, 2.24) is 40.4 Å². The van der Waals surface area contributed by atoms with Crippen molar-refractivity contribution in [1.29, 1.82) is 0 Å². The second-order valence-electron chi connectivity index (χ2n) is 18.8. The molecule has 4 N–H and O–H groups in total. The zero-order chi connectivity index (χ0) is 46.5. The van der Waals surface area contributed by atoms with Gasteiger partial charge in [0.1, 0.15) is 42.5 Å². The fraction of sp³-hybridized carbons (Fsp3) is 0.479. The van der Waals surface area contributed by atoms with E-state index in [-0.39, 0.29) is 25.3 Å². The number of fused-ring (bicyclic) bond motifs is 7. The maximum atomic E-state index is 14.6. The minimum Gasteiger partial charge on any atom is -0.508 e. The van der Waals surface area contributed by atoms with Crippen molar-refractivity contribution < 1.29 is 43.3 Å². The quantitative estimate of drug-likeness (QED) is 0.103. The molecule has 2 aromatic carbocycles. The summed E-state index contributed by atoms with van der Waals surface area (Å²) in [5.74, 6) is -3.73. The maximum Gasteiger partial charge on any atom is 0.324 e. The highest BCUT2D eigenvalue weighted by atomic mass is 16.5. The third-order valence-electron chi connectivity index (χ3n) is 13.0. The van der Waals surface area contributed by atoms with Crippen molar-refractivity contribution in [3.8, 4) is 28.1 Å². The lowest BCUT2D eigenvalue weighted by atomic mass is 9.84. The van der Waals surface area contributed by atoms with Gasteiger partial charge in [-0.1, -0.05) is 39.8 Å². The molecule has 6 bridgehead atoms. The number of hydrogen-bond acceptors (Lipinski definition) is 12. The Bertz CT molecular complexity index is 2550. The normalized spacial score (nSPS) is 22.4. The number of aryl methyl sites for hydroxylation is 1. The number of amides is 5. The predicted molar refractivity (Wildman–Crippen MR) is 239 cm³/mol. The molecule has 0 unspecified atom stereocenters. The average molecular weight is 891 g/mol. The third-order valence-corrected chi connectivity index (χ3v) is 13.0. The number of piperazine rings is 1. The van der Waals surface area contributed by atoms with Crippen LogP contribution in [0.2, 0.25) is 0 Å². The van der Waals surface area contributed by atoms with Gasteiger partial charge in [0.15, 0.2) is 0 Å². The van der Waals surface area contributed by atoms with E-state index in [0.717, 1.165) is 43.8 Å². The zero-order valence-corrected chi connectivity index (χ0v) is 38.0. The number of nitrogens with one attached hydrogen (secondary N) is 3. The van der Waals surface area contributed by atoms with Crippen molar-refractivity contribution in [3.05, 3.63) is 71.5 Å². The molecule has 2 aromatic heterocycles. The Morgan fingerprint density at radius 2 is 1.80 bits per heavy atom. The topological polar surface area (TPSA) is 215 Å². The molecule has 0 spiro atoms. The molecule has 4 aromatic rings. The summed E-state index contributed by atoms with van der Waals surface area (Å²) in [6.07, 6.45) is 4.98. The molecule has 0 saturated carbocycles. The molecule has 5 atom stereocenters. The van der Waals surface area contributed by atoms with E-state index in [2.05, 4.69) is 58.5 Å². The van der Waals surface area contributed by atoms with Crippen LogP contribution in [0, 0.1) is 11.3 Å². The first-order valence-corrected chi connectivity index (χ1v) is 22.3. The molecule has 6 heterocycles. The molecule has 8 rings (SSSR count). The average Bonchev–Trinajstić information content (AvgIpc) is 3.98. The summed E-state index contributed by atoms with van der Waals surface area (Å²) in [5.41, 5.74) is 9.50. The molecule has 344 valence electrons. The number of nitrogens with zero attached hydrogens (tertiary/aromatic N) is 5. The zero-order valence-electron chi connectivity index (χ0n) is 38.0. The second kappa shape index (κ2) is 18.0. The Balaban J connectivity index is 1.19. The standard InChI is InChI=1S/C48H58N8O9/c1-8-54-37-12-11-28-20-32(37)33(42(54)34-22-49-14-13-29(34)24-64-7)21-48(4,5)25-65-47(63)35-10-9-15-56(52-35)44(60)36(18-27-16-30(28)19-31(57)17-27)50-43(59)41(26(2)3)53(6)38(58)23-55-45(61)39-40(51-39)46(55)62/h11-14,16-17,19-20,22,26,35-36,39-41,51-52,57H,8-10,15,18,21,23-25H2,1-7H3,(H,50,59)/t35-,36-,39-,40+,41-/m0/s1. The molecular weight excluding hydrogens is 833 g/mol. The van der Waals surface area contributed by atoms with Gasteiger partial charge in [-0.15, -0.1) is 0 Å². The van der Waals surface area contributed by atoms with Gasteiger partial charge in [0.05, 0.1) is 18.9 Å². The Labute approximate surface area is 377 Å². The number of hydrazine groups is 1. The molecule has 4 aliphatic rings. The van der Waals surface area contributed by atoms with Gasteiger partial charge < -0.3 is 29.4 Å². The molecule has 4 aliphatic heterocycles. The van der Waals surface area contributed by atoms with Crippen LogP contribution in [0.3, 0.4) is 0 Å². The van der Waals surface area contributed by atoms with Gasteiger partial charge in [-0.3, -0.25) is 49.0 Å². The number of hydrogen-bond donors (Lipinski definition) is 4. The number of phenolic OH excluding ortho intramolecular Hbond substituents is 1. The molecule has 0 aliphatic carbocycles. The summed E-state index contributed by atoms with van der Waals surface area (Å²) in [7, 11) is 3.10. The van der Waals surface area contributed by atoms with Crippen LogP contribution < -0.4 is 16.1 Å². The number of likely N-dealkylation sites (tertiary alicyclic amines) is 1. The van der Waals surface area contributed by atoms with E-state index in [1.165, 1.54) is 17.0 Å². The molecule has 3 saturated heterocycles. The number of pyridine rings is 1. The molecular formula is C48H58N8O9. The third kappa shape index (κ3) is 8.96. The lowest BCUT2D eigenvalue weighted by Crippen LogP contribution is -2.62. The lowest BCUT2D eigenvalue weighted by molar-refractivity contribution is -0.156. The van der Waals surface area contributed by atoms with Crippen LogP contribution in [0.4, 0.5) is 0 Å².